The lowest BCUT2D eigenvalue weighted by Crippen LogP contribution is -2.46. The second-order valence-electron chi connectivity index (χ2n) is 5.76. The highest BCUT2D eigenvalue weighted by Crippen LogP contribution is 2.19. The Morgan fingerprint density at radius 3 is 1.24 bits per heavy atom. The van der Waals surface area contributed by atoms with Crippen LogP contribution in [0.4, 0.5) is 0 Å². The lowest BCUT2D eigenvalue weighted by atomic mass is 10.6. The molecule has 0 aromatic heterocycles. The van der Waals surface area contributed by atoms with Crippen LogP contribution in [0.25, 0.3) is 0 Å². The highest BCUT2D eigenvalue weighted by atomic mass is 32.2. The van der Waals surface area contributed by atoms with Gasteiger partial charge in [0.2, 0.25) is 0 Å². The van der Waals surface area contributed by atoms with E-state index in [9.17, 15) is 0 Å². The van der Waals surface area contributed by atoms with Crippen molar-refractivity contribution in [2.75, 3.05) is 45.4 Å². The number of nitriles is 1. The standard InChI is InChI=1S/C10H21NO3SSi.C9H22O3Si/c1-4-12-16(13-5-2,14-6-3)9-7-8-15-10-11;1-5-9-13(10-6-2,11-7-3)12-8-4/h4-9H2,1-3H3;5-9H2,1-4H3. The first kappa shape index (κ1) is 31.2. The van der Waals surface area contributed by atoms with E-state index in [1.54, 1.807) is 0 Å². The van der Waals surface area contributed by atoms with Gasteiger partial charge < -0.3 is 26.6 Å². The van der Waals surface area contributed by atoms with Gasteiger partial charge >= 0.3 is 17.6 Å². The minimum Gasteiger partial charge on any atom is -0.374 e. The first-order chi connectivity index (χ1) is 14.0. The zero-order chi connectivity index (χ0) is 22.4. The third-order valence-electron chi connectivity index (χ3n) is 3.54. The largest absolute Gasteiger partial charge is 0.500 e. The Hall–Kier alpha value is 0.0338. The van der Waals surface area contributed by atoms with Crippen molar-refractivity contribution < 1.29 is 26.6 Å². The molecule has 0 aromatic carbocycles. The van der Waals surface area contributed by atoms with Crippen LogP contribution >= 0.6 is 11.8 Å². The molecule has 0 saturated carbocycles. The Balaban J connectivity index is 0. The average Bonchev–Trinajstić information content (AvgIpc) is 2.67. The van der Waals surface area contributed by atoms with Crippen LogP contribution in [0.3, 0.4) is 0 Å². The molecule has 0 heterocycles. The van der Waals surface area contributed by atoms with Gasteiger partial charge in [0.05, 0.1) is 0 Å². The first-order valence-corrected chi connectivity index (χ1v) is 15.7. The van der Waals surface area contributed by atoms with E-state index >= 15 is 0 Å². The van der Waals surface area contributed by atoms with Crippen molar-refractivity contribution in [2.45, 2.75) is 73.4 Å². The summed E-state index contributed by atoms with van der Waals surface area (Å²) in [4.78, 5) is 0. The van der Waals surface area contributed by atoms with Gasteiger partial charge in [0.15, 0.2) is 0 Å². The summed E-state index contributed by atoms with van der Waals surface area (Å²) in [5, 5.41) is 10.5. The molecule has 0 aromatic rings. The van der Waals surface area contributed by atoms with Crippen molar-refractivity contribution in [1.82, 2.24) is 0 Å². The molecule has 0 N–H and O–H groups in total. The Kier molecular flexibility index (Phi) is 22.9. The van der Waals surface area contributed by atoms with Crippen molar-refractivity contribution in [3.63, 3.8) is 0 Å². The molecule has 0 amide bonds. The third-order valence-corrected chi connectivity index (χ3v) is 10.6. The van der Waals surface area contributed by atoms with Gasteiger partial charge in [0.1, 0.15) is 5.40 Å². The molecule has 29 heavy (non-hydrogen) atoms. The zero-order valence-corrected chi connectivity index (χ0v) is 22.4. The highest BCUT2D eigenvalue weighted by molar-refractivity contribution is 8.03. The minimum absolute atomic E-state index is 0.609. The van der Waals surface area contributed by atoms with E-state index < -0.39 is 17.6 Å². The lowest BCUT2D eigenvalue weighted by molar-refractivity contribution is 0.0704. The molecule has 0 atom stereocenters. The van der Waals surface area contributed by atoms with Crippen LogP contribution in [0, 0.1) is 10.7 Å². The van der Waals surface area contributed by atoms with E-state index in [2.05, 4.69) is 12.3 Å². The molecule has 0 radical (unpaired) electrons. The number of hydrogen-bond acceptors (Lipinski definition) is 8. The van der Waals surface area contributed by atoms with E-state index in [1.807, 2.05) is 41.5 Å². The predicted molar refractivity (Wildman–Crippen MR) is 124 cm³/mol. The normalized spacial score (nSPS) is 11.7. The fraction of sp³-hybridized carbons (Fsp3) is 0.947. The zero-order valence-electron chi connectivity index (χ0n) is 19.6. The number of thioether (sulfide) groups is 1. The molecule has 0 aliphatic rings. The topological polar surface area (TPSA) is 79.2 Å². The van der Waals surface area contributed by atoms with Gasteiger partial charge in [0.25, 0.3) is 0 Å². The van der Waals surface area contributed by atoms with Crippen molar-refractivity contribution in [1.29, 1.82) is 5.26 Å². The van der Waals surface area contributed by atoms with Crippen LogP contribution in [-0.4, -0.2) is 63.0 Å². The maximum atomic E-state index is 8.44. The molecule has 0 unspecified atom stereocenters. The van der Waals surface area contributed by atoms with Gasteiger partial charge in [-0.05, 0) is 59.7 Å². The molecule has 0 spiro atoms. The van der Waals surface area contributed by atoms with E-state index in [-0.39, 0.29) is 0 Å². The summed E-state index contributed by atoms with van der Waals surface area (Å²) in [6.07, 6.45) is 1.94. The summed E-state index contributed by atoms with van der Waals surface area (Å²) in [5.74, 6) is 0.804. The minimum atomic E-state index is -2.47. The Labute approximate surface area is 185 Å². The second kappa shape index (κ2) is 21.3. The van der Waals surface area contributed by atoms with Crippen LogP contribution in [0.5, 0.6) is 0 Å². The Morgan fingerprint density at radius 1 is 0.621 bits per heavy atom. The van der Waals surface area contributed by atoms with Gasteiger partial charge in [-0.3, -0.25) is 0 Å². The molecule has 0 saturated heterocycles. The second-order valence-corrected chi connectivity index (χ2v) is 12.1. The van der Waals surface area contributed by atoms with Crippen LogP contribution < -0.4 is 0 Å². The van der Waals surface area contributed by atoms with Crippen molar-refractivity contribution in [2.24, 2.45) is 0 Å². The quantitative estimate of drug-likeness (QED) is 0.156. The molecular weight excluding hydrogens is 426 g/mol. The maximum absolute atomic E-state index is 8.44. The first-order valence-electron chi connectivity index (χ1n) is 10.8. The molecule has 0 aliphatic carbocycles. The number of thiocyanates is 1. The average molecular weight is 470 g/mol. The van der Waals surface area contributed by atoms with Gasteiger partial charge in [0, 0.05) is 57.5 Å². The van der Waals surface area contributed by atoms with Crippen molar-refractivity contribution in [3.05, 3.63) is 0 Å². The van der Waals surface area contributed by atoms with Gasteiger partial charge in [-0.1, -0.05) is 13.3 Å². The van der Waals surface area contributed by atoms with Crippen LogP contribution in [0.1, 0.15) is 61.3 Å². The van der Waals surface area contributed by atoms with Gasteiger partial charge in [-0.25, -0.2) is 0 Å². The summed E-state index contributed by atoms with van der Waals surface area (Å²) in [6, 6.07) is 1.71. The molecule has 174 valence electrons. The Bertz CT molecular complexity index is 355. The molecule has 0 bridgehead atoms. The lowest BCUT2D eigenvalue weighted by Gasteiger charge is -2.28. The molecule has 0 rings (SSSR count). The molecule has 7 nitrogen and oxygen atoms in total. The maximum Gasteiger partial charge on any atom is 0.500 e. The number of hydrogen-bond donors (Lipinski definition) is 0. The summed E-state index contributed by atoms with van der Waals surface area (Å²) < 4.78 is 34.0. The Morgan fingerprint density at radius 2 is 0.966 bits per heavy atom. The summed E-state index contributed by atoms with van der Waals surface area (Å²) in [6.45, 7) is 17.8. The van der Waals surface area contributed by atoms with E-state index in [1.165, 1.54) is 11.8 Å². The van der Waals surface area contributed by atoms with E-state index in [0.29, 0.717) is 39.6 Å². The van der Waals surface area contributed by atoms with Crippen LogP contribution in [-0.2, 0) is 26.6 Å². The fourth-order valence-corrected chi connectivity index (χ4v) is 8.58. The number of rotatable bonds is 18. The molecule has 0 aliphatic heterocycles. The fourth-order valence-electron chi connectivity index (χ4n) is 2.72. The molecular formula is C19H43NO6SSi2. The van der Waals surface area contributed by atoms with Gasteiger partial charge in [-0.2, -0.15) is 5.26 Å². The predicted octanol–water partition coefficient (Wildman–Crippen LogP) is 5.08. The summed E-state index contributed by atoms with van der Waals surface area (Å²) >= 11 is 1.26. The highest BCUT2D eigenvalue weighted by Gasteiger charge is 2.40. The van der Waals surface area contributed by atoms with Crippen LogP contribution in [0.15, 0.2) is 0 Å². The third kappa shape index (κ3) is 15.5. The molecule has 10 heteroatoms. The smallest absolute Gasteiger partial charge is 0.374 e. The van der Waals surface area contributed by atoms with Crippen LogP contribution in [0.2, 0.25) is 12.1 Å². The monoisotopic (exact) mass is 469 g/mol. The van der Waals surface area contributed by atoms with E-state index in [4.69, 9.17) is 31.8 Å². The number of nitrogens with zero attached hydrogens (tertiary/aromatic N) is 1. The van der Waals surface area contributed by atoms with Crippen molar-refractivity contribution >= 4 is 29.4 Å². The summed E-state index contributed by atoms with van der Waals surface area (Å²) in [7, 11) is -4.76. The van der Waals surface area contributed by atoms with Crippen molar-refractivity contribution in [3.8, 4) is 5.40 Å². The van der Waals surface area contributed by atoms with E-state index in [0.717, 1.165) is 30.7 Å². The van der Waals surface area contributed by atoms with Gasteiger partial charge in [-0.15, -0.1) is 0 Å². The summed E-state index contributed by atoms with van der Waals surface area (Å²) in [5.41, 5.74) is 0. The SMILES string of the molecule is CCC[Si](OCC)(OCC)OCC.CCO[Si](CCCSC#N)(OCC)OCC. The molecule has 0 fully saturated rings.